The van der Waals surface area contributed by atoms with E-state index in [2.05, 4.69) is 20.3 Å². The standard InChI is InChI=1S/C12H11F3N6OS/c13-12(14,15)6-1-3-7(4-2-6)18-8(22)5-23-11-20-9(16)19-10(17)21-11/h1-4H,5H2,(H,18,22)(H4,16,17,19,20,21). The van der Waals surface area contributed by atoms with Crippen LogP contribution in [0.5, 0.6) is 0 Å². The molecular formula is C12H11F3N6OS. The molecule has 1 aromatic carbocycles. The number of rotatable bonds is 4. The SMILES string of the molecule is Nc1nc(N)nc(SCC(=O)Nc2ccc(C(F)(F)F)cc2)n1. The first kappa shape index (κ1) is 16.8. The molecule has 1 amide bonds. The number of carbonyl (C=O) groups is 1. The molecule has 122 valence electrons. The van der Waals surface area contributed by atoms with Crippen molar-refractivity contribution in [1.29, 1.82) is 0 Å². The molecule has 0 radical (unpaired) electrons. The Bertz CT molecular complexity index is 687. The van der Waals surface area contributed by atoms with Gasteiger partial charge in [0.05, 0.1) is 11.3 Å². The lowest BCUT2D eigenvalue weighted by Gasteiger charge is -2.08. The van der Waals surface area contributed by atoms with Gasteiger partial charge in [0.1, 0.15) is 0 Å². The number of hydrogen-bond acceptors (Lipinski definition) is 7. The number of benzene rings is 1. The third-order valence-electron chi connectivity index (χ3n) is 2.48. The van der Waals surface area contributed by atoms with Gasteiger partial charge in [-0.3, -0.25) is 4.79 Å². The van der Waals surface area contributed by atoms with Gasteiger partial charge in [0, 0.05) is 5.69 Å². The van der Waals surface area contributed by atoms with Gasteiger partial charge in [-0.1, -0.05) is 11.8 Å². The third-order valence-corrected chi connectivity index (χ3v) is 3.33. The van der Waals surface area contributed by atoms with Crippen LogP contribution in [0.15, 0.2) is 29.4 Å². The minimum Gasteiger partial charge on any atom is -0.368 e. The topological polar surface area (TPSA) is 120 Å². The van der Waals surface area contributed by atoms with Gasteiger partial charge in [0.15, 0.2) is 5.16 Å². The average molecular weight is 344 g/mol. The number of carbonyl (C=O) groups excluding carboxylic acids is 1. The highest BCUT2D eigenvalue weighted by atomic mass is 32.2. The Balaban J connectivity index is 1.92. The zero-order valence-corrected chi connectivity index (χ0v) is 12.3. The Hall–Kier alpha value is -2.56. The molecule has 0 saturated carbocycles. The number of nitrogens with two attached hydrogens (primary N) is 2. The maximum Gasteiger partial charge on any atom is 0.416 e. The second kappa shape index (κ2) is 6.69. The number of nitrogen functional groups attached to an aromatic ring is 2. The van der Waals surface area contributed by atoms with Crippen molar-refractivity contribution in [3.05, 3.63) is 29.8 Å². The van der Waals surface area contributed by atoms with E-state index in [1.54, 1.807) is 0 Å². The fourth-order valence-corrected chi connectivity index (χ4v) is 2.17. The van der Waals surface area contributed by atoms with Gasteiger partial charge in [0.2, 0.25) is 17.8 Å². The summed E-state index contributed by atoms with van der Waals surface area (Å²) in [5.41, 5.74) is 10.2. The second-order valence-electron chi connectivity index (χ2n) is 4.25. The zero-order valence-electron chi connectivity index (χ0n) is 11.5. The van der Waals surface area contributed by atoms with Gasteiger partial charge in [-0.15, -0.1) is 0 Å². The number of amides is 1. The van der Waals surface area contributed by atoms with Crippen molar-refractivity contribution in [2.45, 2.75) is 11.3 Å². The molecule has 11 heteroatoms. The van der Waals surface area contributed by atoms with Crippen molar-refractivity contribution in [3.63, 3.8) is 0 Å². The summed E-state index contributed by atoms with van der Waals surface area (Å²) in [6, 6.07) is 4.11. The van der Waals surface area contributed by atoms with E-state index in [0.717, 1.165) is 23.9 Å². The molecule has 1 heterocycles. The molecule has 0 fully saturated rings. The van der Waals surface area contributed by atoms with Gasteiger partial charge in [-0.2, -0.15) is 28.1 Å². The summed E-state index contributed by atoms with van der Waals surface area (Å²) in [6.07, 6.45) is -4.42. The highest BCUT2D eigenvalue weighted by Gasteiger charge is 2.29. The van der Waals surface area contributed by atoms with Crippen LogP contribution >= 0.6 is 11.8 Å². The average Bonchev–Trinajstić information content (AvgIpc) is 2.44. The van der Waals surface area contributed by atoms with E-state index in [1.807, 2.05) is 0 Å². The Labute approximate surface area is 132 Å². The Kier molecular flexibility index (Phi) is 4.89. The van der Waals surface area contributed by atoms with Crippen molar-refractivity contribution < 1.29 is 18.0 Å². The summed E-state index contributed by atoms with van der Waals surface area (Å²) in [5.74, 6) is -0.636. The molecule has 0 aliphatic heterocycles. The monoisotopic (exact) mass is 344 g/mol. The van der Waals surface area contributed by atoms with Crippen LogP contribution < -0.4 is 16.8 Å². The molecule has 0 aliphatic rings. The first-order valence-corrected chi connectivity index (χ1v) is 7.09. The maximum atomic E-state index is 12.4. The first-order chi connectivity index (χ1) is 10.7. The van der Waals surface area contributed by atoms with E-state index in [9.17, 15) is 18.0 Å². The largest absolute Gasteiger partial charge is 0.416 e. The van der Waals surface area contributed by atoms with Crippen molar-refractivity contribution in [2.24, 2.45) is 0 Å². The number of thioether (sulfide) groups is 1. The number of alkyl halides is 3. The molecule has 0 aliphatic carbocycles. The molecule has 0 spiro atoms. The summed E-state index contributed by atoms with van der Waals surface area (Å²) in [6.45, 7) is 0. The van der Waals surface area contributed by atoms with E-state index in [0.29, 0.717) is 0 Å². The molecule has 0 bridgehead atoms. The zero-order chi connectivity index (χ0) is 17.0. The third kappa shape index (κ3) is 4.98. The van der Waals surface area contributed by atoms with Crippen LogP contribution in [0.3, 0.4) is 0 Å². The van der Waals surface area contributed by atoms with Crippen LogP contribution in [0.1, 0.15) is 5.56 Å². The molecule has 7 nitrogen and oxygen atoms in total. The maximum absolute atomic E-state index is 12.4. The summed E-state index contributed by atoms with van der Waals surface area (Å²) in [5, 5.41) is 2.64. The van der Waals surface area contributed by atoms with Gasteiger partial charge < -0.3 is 16.8 Å². The van der Waals surface area contributed by atoms with E-state index in [1.165, 1.54) is 12.1 Å². The molecular weight excluding hydrogens is 333 g/mol. The van der Waals surface area contributed by atoms with Crippen molar-refractivity contribution in [2.75, 3.05) is 22.5 Å². The van der Waals surface area contributed by atoms with E-state index in [-0.39, 0.29) is 28.5 Å². The predicted octanol–water partition coefficient (Wildman–Crippen LogP) is 1.79. The number of halogens is 3. The van der Waals surface area contributed by atoms with Crippen molar-refractivity contribution in [3.8, 4) is 0 Å². The lowest BCUT2D eigenvalue weighted by atomic mass is 10.2. The number of nitrogens with one attached hydrogen (secondary N) is 1. The number of anilines is 3. The van der Waals surface area contributed by atoms with E-state index >= 15 is 0 Å². The lowest BCUT2D eigenvalue weighted by molar-refractivity contribution is -0.137. The van der Waals surface area contributed by atoms with Gasteiger partial charge in [0.25, 0.3) is 0 Å². The highest BCUT2D eigenvalue weighted by molar-refractivity contribution is 7.99. The summed E-state index contributed by atoms with van der Waals surface area (Å²) >= 11 is 0.969. The highest BCUT2D eigenvalue weighted by Crippen LogP contribution is 2.29. The summed E-state index contributed by atoms with van der Waals surface area (Å²) in [7, 11) is 0. The molecule has 0 atom stereocenters. The molecule has 2 aromatic rings. The van der Waals surface area contributed by atoms with Crippen molar-refractivity contribution in [1.82, 2.24) is 15.0 Å². The van der Waals surface area contributed by atoms with Crippen LogP contribution in [-0.2, 0) is 11.0 Å². The molecule has 23 heavy (non-hydrogen) atoms. The fraction of sp³-hybridized carbons (Fsp3) is 0.167. The van der Waals surface area contributed by atoms with Crippen LogP contribution in [-0.4, -0.2) is 26.6 Å². The van der Waals surface area contributed by atoms with Crippen LogP contribution in [0.4, 0.5) is 30.8 Å². The Morgan fingerprint density at radius 3 is 2.17 bits per heavy atom. The van der Waals surface area contributed by atoms with Crippen LogP contribution in [0, 0.1) is 0 Å². The first-order valence-electron chi connectivity index (χ1n) is 6.11. The van der Waals surface area contributed by atoms with E-state index in [4.69, 9.17) is 11.5 Å². The van der Waals surface area contributed by atoms with E-state index < -0.39 is 17.6 Å². The van der Waals surface area contributed by atoms with Gasteiger partial charge in [-0.05, 0) is 24.3 Å². The smallest absolute Gasteiger partial charge is 0.368 e. The van der Waals surface area contributed by atoms with Crippen molar-refractivity contribution >= 4 is 35.3 Å². The molecule has 2 rings (SSSR count). The van der Waals surface area contributed by atoms with Gasteiger partial charge >= 0.3 is 6.18 Å². The van der Waals surface area contributed by atoms with Gasteiger partial charge in [-0.25, -0.2) is 0 Å². The predicted molar refractivity (Wildman–Crippen MR) is 79.4 cm³/mol. The Morgan fingerprint density at radius 2 is 1.65 bits per heavy atom. The minimum absolute atomic E-state index is 0.0656. The normalized spacial score (nSPS) is 11.3. The molecule has 5 N–H and O–H groups in total. The second-order valence-corrected chi connectivity index (χ2v) is 5.19. The minimum atomic E-state index is -4.42. The number of hydrogen-bond donors (Lipinski definition) is 3. The molecule has 1 aromatic heterocycles. The lowest BCUT2D eigenvalue weighted by Crippen LogP contribution is -2.15. The van der Waals surface area contributed by atoms with Crippen LogP contribution in [0.2, 0.25) is 0 Å². The molecule has 0 unspecified atom stereocenters. The summed E-state index contributed by atoms with van der Waals surface area (Å²) in [4.78, 5) is 22.9. The summed E-state index contributed by atoms with van der Waals surface area (Å²) < 4.78 is 37.3. The molecule has 0 saturated heterocycles. The number of aromatic nitrogens is 3. The fourth-order valence-electron chi connectivity index (χ4n) is 1.52. The number of nitrogens with zero attached hydrogens (tertiary/aromatic N) is 3. The van der Waals surface area contributed by atoms with Crippen LogP contribution in [0.25, 0.3) is 0 Å². The quantitative estimate of drug-likeness (QED) is 0.723. The Morgan fingerprint density at radius 1 is 1.09 bits per heavy atom.